The van der Waals surface area contributed by atoms with Crippen LogP contribution in [0.4, 0.5) is 0 Å². The van der Waals surface area contributed by atoms with Gasteiger partial charge < -0.3 is 15.3 Å². The quantitative estimate of drug-likeness (QED) is 0.712. The molecule has 0 spiro atoms. The molecule has 0 radical (unpaired) electrons. The van der Waals surface area contributed by atoms with Crippen LogP contribution in [0.15, 0.2) is 42.6 Å². The summed E-state index contributed by atoms with van der Waals surface area (Å²) < 4.78 is 1.29. The molecule has 7 heteroatoms. The van der Waals surface area contributed by atoms with E-state index < -0.39 is 0 Å². The second-order valence-corrected chi connectivity index (χ2v) is 7.25. The van der Waals surface area contributed by atoms with Crippen LogP contribution in [0.25, 0.3) is 16.9 Å². The minimum atomic E-state index is -0.204. The number of rotatable bonds is 5. The van der Waals surface area contributed by atoms with Crippen molar-refractivity contribution < 1.29 is 9.90 Å². The van der Waals surface area contributed by atoms with E-state index in [2.05, 4.69) is 27.2 Å². The lowest BCUT2D eigenvalue weighted by Crippen LogP contribution is -2.38. The summed E-state index contributed by atoms with van der Waals surface area (Å²) in [5.41, 5.74) is 2.21. The van der Waals surface area contributed by atoms with Gasteiger partial charge in [-0.2, -0.15) is 9.61 Å². The van der Waals surface area contributed by atoms with Crippen molar-refractivity contribution in [1.29, 1.82) is 0 Å². The van der Waals surface area contributed by atoms with Gasteiger partial charge in [-0.3, -0.25) is 4.79 Å². The molecule has 3 heterocycles. The van der Waals surface area contributed by atoms with E-state index in [0.717, 1.165) is 38.0 Å². The molecule has 146 valence electrons. The molecule has 0 aliphatic carbocycles. The number of amides is 1. The van der Waals surface area contributed by atoms with Crippen molar-refractivity contribution >= 4 is 11.6 Å². The smallest absolute Gasteiger partial charge is 0.256 e. The van der Waals surface area contributed by atoms with Crippen LogP contribution >= 0.6 is 0 Å². The molecule has 1 aliphatic rings. The number of benzene rings is 1. The number of nitrogens with one attached hydrogen (secondary N) is 1. The summed E-state index contributed by atoms with van der Waals surface area (Å²) in [6.07, 6.45) is 3.66. The summed E-state index contributed by atoms with van der Waals surface area (Å²) in [7, 11) is 0. The van der Waals surface area contributed by atoms with Gasteiger partial charge in [0.2, 0.25) is 5.88 Å². The van der Waals surface area contributed by atoms with E-state index in [4.69, 9.17) is 0 Å². The zero-order valence-corrected chi connectivity index (χ0v) is 16.0. The molecule has 0 atom stereocenters. The molecule has 3 aromatic rings. The number of likely N-dealkylation sites (tertiary alicyclic amines) is 1. The SMILES string of the molecule is CCN1CCC(CNC(=O)c2cnn3c(O)cc(-c4ccccc4)nc23)CC1. The van der Waals surface area contributed by atoms with Crippen molar-refractivity contribution in [3.63, 3.8) is 0 Å². The molecule has 0 saturated carbocycles. The zero-order valence-electron chi connectivity index (χ0n) is 16.0. The first-order valence-corrected chi connectivity index (χ1v) is 9.79. The van der Waals surface area contributed by atoms with Gasteiger partial charge in [-0.05, 0) is 38.4 Å². The highest BCUT2D eigenvalue weighted by Crippen LogP contribution is 2.24. The van der Waals surface area contributed by atoms with Crippen molar-refractivity contribution in [2.24, 2.45) is 5.92 Å². The number of aromatic nitrogens is 3. The van der Waals surface area contributed by atoms with Crippen molar-refractivity contribution in [2.75, 3.05) is 26.2 Å². The average Bonchev–Trinajstić information content (AvgIpc) is 3.18. The summed E-state index contributed by atoms with van der Waals surface area (Å²) >= 11 is 0. The number of fused-ring (bicyclic) bond motifs is 1. The monoisotopic (exact) mass is 379 g/mol. The van der Waals surface area contributed by atoms with Gasteiger partial charge in [0.05, 0.1) is 11.9 Å². The Labute approximate surface area is 164 Å². The summed E-state index contributed by atoms with van der Waals surface area (Å²) in [6, 6.07) is 11.1. The van der Waals surface area contributed by atoms with Gasteiger partial charge in [0.15, 0.2) is 5.65 Å². The predicted molar refractivity (Wildman–Crippen MR) is 107 cm³/mol. The van der Waals surface area contributed by atoms with E-state index in [0.29, 0.717) is 29.4 Å². The van der Waals surface area contributed by atoms with Crippen LogP contribution < -0.4 is 5.32 Å². The van der Waals surface area contributed by atoms with Crippen LogP contribution in [-0.2, 0) is 0 Å². The molecule has 28 heavy (non-hydrogen) atoms. The minimum Gasteiger partial charge on any atom is -0.493 e. The Kier molecular flexibility index (Phi) is 5.25. The number of nitrogens with zero attached hydrogens (tertiary/aromatic N) is 4. The number of hydrogen-bond donors (Lipinski definition) is 2. The van der Waals surface area contributed by atoms with Crippen LogP contribution in [-0.4, -0.2) is 56.7 Å². The highest BCUT2D eigenvalue weighted by atomic mass is 16.3. The third-order valence-electron chi connectivity index (χ3n) is 5.47. The van der Waals surface area contributed by atoms with Crippen LogP contribution in [0, 0.1) is 5.92 Å². The maximum atomic E-state index is 12.7. The Morgan fingerprint density at radius 2 is 2.00 bits per heavy atom. The van der Waals surface area contributed by atoms with Crippen molar-refractivity contribution in [1.82, 2.24) is 24.8 Å². The van der Waals surface area contributed by atoms with Gasteiger partial charge in [-0.1, -0.05) is 37.3 Å². The standard InChI is InChI=1S/C21H25N5O2/c1-2-25-10-8-15(9-11-25)13-22-21(28)17-14-23-26-19(27)12-18(24-20(17)26)16-6-4-3-5-7-16/h3-7,12,14-15,27H,2,8-11,13H2,1H3,(H,22,28). The molecule has 1 saturated heterocycles. The van der Waals surface area contributed by atoms with Gasteiger partial charge >= 0.3 is 0 Å². The molecule has 1 fully saturated rings. The van der Waals surface area contributed by atoms with Gasteiger partial charge in [-0.25, -0.2) is 4.98 Å². The molecule has 0 unspecified atom stereocenters. The minimum absolute atomic E-state index is 0.0464. The second kappa shape index (κ2) is 7.98. The summed E-state index contributed by atoms with van der Waals surface area (Å²) in [4.78, 5) is 19.8. The lowest BCUT2D eigenvalue weighted by molar-refractivity contribution is 0.0938. The van der Waals surface area contributed by atoms with E-state index >= 15 is 0 Å². The fraction of sp³-hybridized carbons (Fsp3) is 0.381. The third-order valence-corrected chi connectivity index (χ3v) is 5.47. The number of carbonyl (C=O) groups excluding carboxylic acids is 1. The molecule has 2 aromatic heterocycles. The van der Waals surface area contributed by atoms with Crippen LogP contribution in [0.5, 0.6) is 5.88 Å². The Bertz CT molecular complexity index is 962. The Balaban J connectivity index is 1.52. The number of carbonyl (C=O) groups is 1. The molecule has 4 rings (SSSR count). The van der Waals surface area contributed by atoms with Gasteiger partial charge in [0.25, 0.3) is 5.91 Å². The van der Waals surface area contributed by atoms with Crippen LogP contribution in [0.3, 0.4) is 0 Å². The maximum absolute atomic E-state index is 12.7. The van der Waals surface area contributed by atoms with Crippen molar-refractivity contribution in [3.05, 3.63) is 48.2 Å². The molecule has 1 aromatic carbocycles. The Morgan fingerprint density at radius 1 is 1.25 bits per heavy atom. The summed E-state index contributed by atoms with van der Waals surface area (Å²) in [5, 5.41) is 17.5. The highest BCUT2D eigenvalue weighted by Gasteiger charge is 2.21. The topological polar surface area (TPSA) is 82.8 Å². The maximum Gasteiger partial charge on any atom is 0.256 e. The normalized spacial score (nSPS) is 15.8. The Morgan fingerprint density at radius 3 is 2.71 bits per heavy atom. The van der Waals surface area contributed by atoms with Crippen molar-refractivity contribution in [2.45, 2.75) is 19.8 Å². The Hall–Kier alpha value is -2.93. The first kappa shape index (κ1) is 18.4. The predicted octanol–water partition coefficient (Wildman–Crippen LogP) is 2.56. The van der Waals surface area contributed by atoms with E-state index in [9.17, 15) is 9.90 Å². The molecule has 2 N–H and O–H groups in total. The molecule has 0 bridgehead atoms. The van der Waals surface area contributed by atoms with E-state index in [1.54, 1.807) is 6.07 Å². The van der Waals surface area contributed by atoms with Gasteiger partial charge in [0.1, 0.15) is 5.56 Å². The second-order valence-electron chi connectivity index (χ2n) is 7.25. The molecule has 7 nitrogen and oxygen atoms in total. The molecule has 1 amide bonds. The van der Waals surface area contributed by atoms with Crippen LogP contribution in [0.2, 0.25) is 0 Å². The lowest BCUT2D eigenvalue weighted by Gasteiger charge is -2.30. The molecular weight excluding hydrogens is 354 g/mol. The first-order valence-electron chi connectivity index (χ1n) is 9.79. The summed E-state index contributed by atoms with van der Waals surface area (Å²) in [5.74, 6) is 0.245. The largest absolute Gasteiger partial charge is 0.493 e. The lowest BCUT2D eigenvalue weighted by atomic mass is 9.97. The van der Waals surface area contributed by atoms with E-state index in [1.807, 2.05) is 30.3 Å². The fourth-order valence-electron chi connectivity index (χ4n) is 3.70. The average molecular weight is 379 g/mol. The summed E-state index contributed by atoms with van der Waals surface area (Å²) in [6.45, 7) is 6.09. The van der Waals surface area contributed by atoms with Gasteiger partial charge in [-0.15, -0.1) is 0 Å². The zero-order chi connectivity index (χ0) is 19.5. The first-order chi connectivity index (χ1) is 13.7. The van der Waals surface area contributed by atoms with Crippen LogP contribution in [0.1, 0.15) is 30.1 Å². The number of hydrogen-bond acceptors (Lipinski definition) is 5. The molecular formula is C21H25N5O2. The number of aromatic hydroxyl groups is 1. The van der Waals surface area contributed by atoms with E-state index in [-0.39, 0.29) is 11.8 Å². The fourth-order valence-corrected chi connectivity index (χ4v) is 3.70. The van der Waals surface area contributed by atoms with Gasteiger partial charge in [0, 0.05) is 18.2 Å². The number of piperidine rings is 1. The van der Waals surface area contributed by atoms with E-state index in [1.165, 1.54) is 10.7 Å². The third kappa shape index (κ3) is 3.71. The molecule has 1 aliphatic heterocycles. The highest BCUT2D eigenvalue weighted by molar-refractivity contribution is 6.00. The van der Waals surface area contributed by atoms with Crippen molar-refractivity contribution in [3.8, 4) is 17.1 Å².